The lowest BCUT2D eigenvalue weighted by Crippen LogP contribution is -2.72. The van der Waals surface area contributed by atoms with Gasteiger partial charge in [-0.1, -0.05) is 44.2 Å². The fourth-order valence-corrected chi connectivity index (χ4v) is 2.80. The molecule has 114 valence electrons. The summed E-state index contributed by atoms with van der Waals surface area (Å²) in [5.74, 6) is 0.125. The average molecular weight is 288 g/mol. The molecular formula is C17H24N2O2. The number of nitrogens with zero attached hydrogens (tertiary/aromatic N) is 1. The van der Waals surface area contributed by atoms with Gasteiger partial charge in [-0.05, 0) is 32.3 Å². The standard InChI is InChI=1S/C17H24N2O2/c1-12(2)11-19-15(21)16(3,4)18-14(20)17(19,5)13-9-7-6-8-10-13/h6-10,12H,11H2,1-5H3,(H,18,20). The summed E-state index contributed by atoms with van der Waals surface area (Å²) in [5, 5.41) is 2.87. The van der Waals surface area contributed by atoms with E-state index in [0.29, 0.717) is 12.5 Å². The molecule has 2 rings (SSSR count). The van der Waals surface area contributed by atoms with Crippen molar-refractivity contribution in [1.82, 2.24) is 10.2 Å². The Balaban J connectivity index is 2.55. The third kappa shape index (κ3) is 2.55. The van der Waals surface area contributed by atoms with Crippen LogP contribution in [-0.2, 0) is 15.1 Å². The third-order valence-electron chi connectivity index (χ3n) is 4.07. The van der Waals surface area contributed by atoms with E-state index >= 15 is 0 Å². The topological polar surface area (TPSA) is 49.4 Å². The molecule has 21 heavy (non-hydrogen) atoms. The summed E-state index contributed by atoms with van der Waals surface area (Å²) in [7, 11) is 0. The number of piperazine rings is 1. The van der Waals surface area contributed by atoms with Gasteiger partial charge in [0, 0.05) is 6.54 Å². The monoisotopic (exact) mass is 288 g/mol. The van der Waals surface area contributed by atoms with Gasteiger partial charge >= 0.3 is 0 Å². The number of carbonyl (C=O) groups is 2. The Hall–Kier alpha value is -1.84. The molecule has 1 aromatic rings. The lowest BCUT2D eigenvalue weighted by molar-refractivity contribution is -0.162. The second-order valence-corrected chi connectivity index (χ2v) is 6.83. The Morgan fingerprint density at radius 1 is 1.10 bits per heavy atom. The van der Waals surface area contributed by atoms with Crippen LogP contribution in [0.5, 0.6) is 0 Å². The van der Waals surface area contributed by atoms with Gasteiger partial charge in [0.2, 0.25) is 5.91 Å². The van der Waals surface area contributed by atoms with Crippen molar-refractivity contribution in [3.05, 3.63) is 35.9 Å². The molecule has 1 aliphatic rings. The highest BCUT2D eigenvalue weighted by molar-refractivity contribution is 6.02. The van der Waals surface area contributed by atoms with Crippen LogP contribution in [0.4, 0.5) is 0 Å². The minimum Gasteiger partial charge on any atom is -0.340 e. The summed E-state index contributed by atoms with van der Waals surface area (Å²) in [6, 6.07) is 9.50. The average Bonchev–Trinajstić information content (AvgIpc) is 2.42. The molecule has 1 aliphatic heterocycles. The van der Waals surface area contributed by atoms with E-state index < -0.39 is 11.1 Å². The zero-order chi connectivity index (χ0) is 15.8. The van der Waals surface area contributed by atoms with Gasteiger partial charge < -0.3 is 10.2 Å². The highest BCUT2D eigenvalue weighted by Gasteiger charge is 2.53. The van der Waals surface area contributed by atoms with Gasteiger partial charge in [0.25, 0.3) is 5.91 Å². The number of carbonyl (C=O) groups excluding carboxylic acids is 2. The van der Waals surface area contributed by atoms with Crippen molar-refractivity contribution >= 4 is 11.8 Å². The van der Waals surface area contributed by atoms with Gasteiger partial charge in [-0.25, -0.2) is 0 Å². The van der Waals surface area contributed by atoms with Crippen LogP contribution >= 0.6 is 0 Å². The molecule has 1 fully saturated rings. The van der Waals surface area contributed by atoms with Crippen molar-refractivity contribution in [1.29, 1.82) is 0 Å². The molecule has 1 unspecified atom stereocenters. The number of rotatable bonds is 3. The number of hydrogen-bond acceptors (Lipinski definition) is 2. The van der Waals surface area contributed by atoms with Crippen LogP contribution in [0.1, 0.15) is 40.2 Å². The van der Waals surface area contributed by atoms with Gasteiger partial charge in [-0.3, -0.25) is 9.59 Å². The minimum absolute atomic E-state index is 0.0397. The first-order valence-corrected chi connectivity index (χ1v) is 7.40. The quantitative estimate of drug-likeness (QED) is 0.927. The van der Waals surface area contributed by atoms with E-state index in [9.17, 15) is 9.59 Å². The van der Waals surface area contributed by atoms with Crippen LogP contribution in [-0.4, -0.2) is 28.8 Å². The Labute approximate surface area is 126 Å². The van der Waals surface area contributed by atoms with Crippen LogP contribution in [0, 0.1) is 5.92 Å². The van der Waals surface area contributed by atoms with Gasteiger partial charge in [-0.2, -0.15) is 0 Å². The van der Waals surface area contributed by atoms with Crippen LogP contribution in [0.2, 0.25) is 0 Å². The highest BCUT2D eigenvalue weighted by atomic mass is 16.2. The van der Waals surface area contributed by atoms with E-state index in [4.69, 9.17) is 0 Å². The molecule has 1 atom stereocenters. The molecule has 4 nitrogen and oxygen atoms in total. The Bertz CT molecular complexity index is 551. The fraction of sp³-hybridized carbons (Fsp3) is 0.529. The largest absolute Gasteiger partial charge is 0.340 e. The van der Waals surface area contributed by atoms with E-state index in [1.807, 2.05) is 37.3 Å². The van der Waals surface area contributed by atoms with E-state index in [-0.39, 0.29) is 11.8 Å². The van der Waals surface area contributed by atoms with Crippen molar-refractivity contribution < 1.29 is 9.59 Å². The third-order valence-corrected chi connectivity index (χ3v) is 4.07. The Kier molecular flexibility index (Phi) is 3.83. The lowest BCUT2D eigenvalue weighted by Gasteiger charge is -2.50. The first-order chi connectivity index (χ1) is 9.69. The molecule has 0 radical (unpaired) electrons. The molecule has 2 amide bonds. The molecule has 1 heterocycles. The maximum absolute atomic E-state index is 12.8. The number of nitrogens with one attached hydrogen (secondary N) is 1. The molecule has 1 N–H and O–H groups in total. The molecule has 0 saturated carbocycles. The molecule has 0 aliphatic carbocycles. The second-order valence-electron chi connectivity index (χ2n) is 6.83. The van der Waals surface area contributed by atoms with E-state index in [1.54, 1.807) is 18.7 Å². The second kappa shape index (κ2) is 5.17. The van der Waals surface area contributed by atoms with Gasteiger partial charge in [0.05, 0.1) is 0 Å². The van der Waals surface area contributed by atoms with Crippen LogP contribution in [0.15, 0.2) is 30.3 Å². The molecule has 1 aromatic carbocycles. The molecule has 4 heteroatoms. The van der Waals surface area contributed by atoms with Crippen molar-refractivity contribution in [2.24, 2.45) is 5.92 Å². The zero-order valence-electron chi connectivity index (χ0n) is 13.4. The van der Waals surface area contributed by atoms with Gasteiger partial charge in [-0.15, -0.1) is 0 Å². The van der Waals surface area contributed by atoms with Crippen LogP contribution in [0.25, 0.3) is 0 Å². The maximum atomic E-state index is 12.8. The molecular weight excluding hydrogens is 264 g/mol. The summed E-state index contributed by atoms with van der Waals surface area (Å²) in [6.45, 7) is 10.0. The number of benzene rings is 1. The molecule has 0 spiro atoms. The minimum atomic E-state index is -0.960. The predicted octanol–water partition coefficient (Wildman–Crippen LogP) is 2.29. The van der Waals surface area contributed by atoms with E-state index in [1.165, 1.54) is 0 Å². The SMILES string of the molecule is CC(C)CN1C(=O)C(C)(C)NC(=O)C1(C)c1ccccc1. The fourth-order valence-electron chi connectivity index (χ4n) is 2.80. The summed E-state index contributed by atoms with van der Waals surface area (Å²) >= 11 is 0. The Morgan fingerprint density at radius 2 is 1.67 bits per heavy atom. The summed E-state index contributed by atoms with van der Waals surface area (Å²) in [4.78, 5) is 27.3. The molecule has 1 saturated heterocycles. The highest BCUT2D eigenvalue weighted by Crippen LogP contribution is 2.35. The van der Waals surface area contributed by atoms with E-state index in [2.05, 4.69) is 19.2 Å². The smallest absolute Gasteiger partial charge is 0.251 e. The first-order valence-electron chi connectivity index (χ1n) is 7.40. The zero-order valence-corrected chi connectivity index (χ0v) is 13.4. The van der Waals surface area contributed by atoms with Gasteiger partial charge in [0.1, 0.15) is 11.1 Å². The summed E-state index contributed by atoms with van der Waals surface area (Å²) < 4.78 is 0. The molecule has 0 bridgehead atoms. The number of hydrogen-bond donors (Lipinski definition) is 1. The van der Waals surface area contributed by atoms with Gasteiger partial charge in [0.15, 0.2) is 0 Å². The Morgan fingerprint density at radius 3 is 2.19 bits per heavy atom. The van der Waals surface area contributed by atoms with Crippen molar-refractivity contribution in [2.45, 2.75) is 45.7 Å². The molecule has 0 aromatic heterocycles. The first kappa shape index (κ1) is 15.5. The normalized spacial score (nSPS) is 25.1. The van der Waals surface area contributed by atoms with E-state index in [0.717, 1.165) is 5.56 Å². The summed E-state index contributed by atoms with van der Waals surface area (Å²) in [6.07, 6.45) is 0. The van der Waals surface area contributed by atoms with Crippen molar-refractivity contribution in [2.75, 3.05) is 6.54 Å². The summed E-state index contributed by atoms with van der Waals surface area (Å²) in [5.41, 5.74) is -0.981. The maximum Gasteiger partial charge on any atom is 0.251 e. The predicted molar refractivity (Wildman–Crippen MR) is 82.6 cm³/mol. The number of amides is 2. The van der Waals surface area contributed by atoms with Crippen LogP contribution < -0.4 is 5.32 Å². The van der Waals surface area contributed by atoms with Crippen molar-refractivity contribution in [3.8, 4) is 0 Å². The van der Waals surface area contributed by atoms with Crippen molar-refractivity contribution in [3.63, 3.8) is 0 Å². The van der Waals surface area contributed by atoms with Crippen LogP contribution in [0.3, 0.4) is 0 Å². The lowest BCUT2D eigenvalue weighted by atomic mass is 9.82.